The Kier molecular flexibility index (Phi) is 7.19. The highest BCUT2D eigenvalue weighted by atomic mass is 16.5. The third-order valence-electron chi connectivity index (χ3n) is 4.46. The van der Waals surface area contributed by atoms with Crippen molar-refractivity contribution in [3.05, 3.63) is 24.1 Å². The van der Waals surface area contributed by atoms with E-state index in [1.165, 1.54) is 0 Å². The first-order valence-corrected chi connectivity index (χ1v) is 9.20. The van der Waals surface area contributed by atoms with Crippen LogP contribution < -0.4 is 9.80 Å². The Morgan fingerprint density at radius 3 is 2.46 bits per heavy atom. The molecular weight excluding hydrogens is 362 g/mol. The van der Waals surface area contributed by atoms with Gasteiger partial charge in [0.25, 0.3) is 0 Å². The molecule has 0 bridgehead atoms. The van der Waals surface area contributed by atoms with Crippen LogP contribution in [0, 0.1) is 11.3 Å². The van der Waals surface area contributed by atoms with Crippen LogP contribution in [0.4, 0.5) is 11.6 Å². The molecule has 150 valence electrons. The number of nitrogens with zero attached hydrogens (tertiary/aromatic N) is 5. The Balaban J connectivity index is 2.06. The number of ether oxygens (including phenoxy) is 3. The second-order valence-corrected chi connectivity index (χ2v) is 6.23. The first kappa shape index (κ1) is 20.1. The summed E-state index contributed by atoms with van der Waals surface area (Å²) in [5, 5.41) is 9.75. The summed E-state index contributed by atoms with van der Waals surface area (Å²) >= 11 is 0. The lowest BCUT2D eigenvalue weighted by atomic mass is 10.2. The fourth-order valence-electron chi connectivity index (χ4n) is 3.01. The van der Waals surface area contributed by atoms with Crippen LogP contribution in [0.25, 0.3) is 11.5 Å². The van der Waals surface area contributed by atoms with Crippen LogP contribution in [-0.4, -0.2) is 76.8 Å². The molecule has 0 spiro atoms. The Morgan fingerprint density at radius 1 is 1.18 bits per heavy atom. The summed E-state index contributed by atoms with van der Waals surface area (Å²) in [6.07, 6.45) is 1.60. The van der Waals surface area contributed by atoms with Crippen LogP contribution in [0.5, 0.6) is 0 Å². The Bertz CT molecular complexity index is 776. The average Bonchev–Trinajstić information content (AvgIpc) is 3.28. The van der Waals surface area contributed by atoms with E-state index in [4.69, 9.17) is 23.6 Å². The maximum Gasteiger partial charge on any atom is 0.185 e. The number of methoxy groups -OCH3 is 2. The van der Waals surface area contributed by atoms with E-state index in [2.05, 4.69) is 16.0 Å². The van der Waals surface area contributed by atoms with Crippen molar-refractivity contribution in [2.24, 2.45) is 0 Å². The second-order valence-electron chi connectivity index (χ2n) is 6.23. The minimum atomic E-state index is 0.268. The van der Waals surface area contributed by atoms with E-state index in [9.17, 15) is 5.26 Å². The van der Waals surface area contributed by atoms with Crippen molar-refractivity contribution in [2.75, 3.05) is 76.6 Å². The number of aromatic nitrogens is 2. The normalized spacial score (nSPS) is 14.1. The molecule has 28 heavy (non-hydrogen) atoms. The number of anilines is 2. The van der Waals surface area contributed by atoms with Crippen molar-refractivity contribution in [3.63, 3.8) is 0 Å². The van der Waals surface area contributed by atoms with Gasteiger partial charge in [0.15, 0.2) is 28.8 Å². The second kappa shape index (κ2) is 10.0. The molecule has 1 aliphatic rings. The zero-order valence-corrected chi connectivity index (χ0v) is 16.3. The summed E-state index contributed by atoms with van der Waals surface area (Å²) in [4.78, 5) is 13.5. The maximum atomic E-state index is 9.75. The number of hydrogen-bond acceptors (Lipinski definition) is 9. The predicted molar refractivity (Wildman–Crippen MR) is 103 cm³/mol. The van der Waals surface area contributed by atoms with Crippen LogP contribution in [-0.2, 0) is 14.2 Å². The zero-order valence-electron chi connectivity index (χ0n) is 16.3. The van der Waals surface area contributed by atoms with Gasteiger partial charge in [-0.05, 0) is 12.1 Å². The summed E-state index contributed by atoms with van der Waals surface area (Å²) in [5.74, 6) is 1.75. The summed E-state index contributed by atoms with van der Waals surface area (Å²) < 4.78 is 21.5. The zero-order chi connectivity index (χ0) is 19.8. The van der Waals surface area contributed by atoms with Crippen LogP contribution in [0.2, 0.25) is 0 Å². The largest absolute Gasteiger partial charge is 0.463 e. The molecule has 0 saturated carbocycles. The number of furan rings is 1. The third-order valence-corrected chi connectivity index (χ3v) is 4.46. The van der Waals surface area contributed by atoms with E-state index in [1.807, 2.05) is 17.0 Å². The van der Waals surface area contributed by atoms with Crippen molar-refractivity contribution in [1.82, 2.24) is 9.97 Å². The highest BCUT2D eigenvalue weighted by Gasteiger charge is 2.25. The summed E-state index contributed by atoms with van der Waals surface area (Å²) in [6, 6.07) is 5.85. The van der Waals surface area contributed by atoms with Crippen molar-refractivity contribution in [2.45, 2.75) is 0 Å². The topological polar surface area (TPSA) is 96.9 Å². The van der Waals surface area contributed by atoms with Gasteiger partial charge < -0.3 is 28.4 Å². The molecule has 1 fully saturated rings. The molecule has 1 saturated heterocycles. The van der Waals surface area contributed by atoms with Gasteiger partial charge in [0.2, 0.25) is 0 Å². The monoisotopic (exact) mass is 387 g/mol. The number of morpholine rings is 1. The highest BCUT2D eigenvalue weighted by Crippen LogP contribution is 2.32. The molecule has 0 unspecified atom stereocenters. The SMILES string of the molecule is COCCN(CCOC)c1nc(-c2ccco2)c(N2CCOCC2)nc1C#N. The molecule has 1 aliphatic heterocycles. The summed E-state index contributed by atoms with van der Waals surface area (Å²) in [6.45, 7) is 4.71. The maximum absolute atomic E-state index is 9.75. The summed E-state index contributed by atoms with van der Waals surface area (Å²) in [7, 11) is 3.28. The number of rotatable bonds is 9. The van der Waals surface area contributed by atoms with Crippen molar-refractivity contribution >= 4 is 11.6 Å². The molecule has 9 nitrogen and oxygen atoms in total. The Hall–Kier alpha value is -2.67. The fraction of sp³-hybridized carbons (Fsp3) is 0.526. The standard InChI is InChI=1S/C19H25N5O4/c1-25-10-5-23(6-11-26-2)18-15(14-20)21-19(24-7-12-27-13-8-24)17(22-18)16-4-3-9-28-16/h3-4,9H,5-8,10-13H2,1-2H3. The van der Waals surface area contributed by atoms with Crippen molar-refractivity contribution in [1.29, 1.82) is 5.26 Å². The lowest BCUT2D eigenvalue weighted by molar-refractivity contribution is 0.122. The molecule has 0 amide bonds. The van der Waals surface area contributed by atoms with Gasteiger partial charge in [-0.15, -0.1) is 0 Å². The van der Waals surface area contributed by atoms with Gasteiger partial charge in [-0.2, -0.15) is 5.26 Å². The molecule has 0 aliphatic carbocycles. The number of nitriles is 1. The van der Waals surface area contributed by atoms with E-state index in [-0.39, 0.29) is 5.69 Å². The fourth-order valence-corrected chi connectivity index (χ4v) is 3.01. The lowest BCUT2D eigenvalue weighted by Crippen LogP contribution is -2.38. The molecular formula is C19H25N5O4. The highest BCUT2D eigenvalue weighted by molar-refractivity contribution is 5.72. The Labute approximate surface area is 164 Å². The Morgan fingerprint density at radius 2 is 1.89 bits per heavy atom. The van der Waals surface area contributed by atoms with E-state index >= 15 is 0 Å². The molecule has 3 heterocycles. The van der Waals surface area contributed by atoms with E-state index in [0.29, 0.717) is 75.7 Å². The summed E-state index contributed by atoms with van der Waals surface area (Å²) in [5.41, 5.74) is 0.879. The first-order valence-electron chi connectivity index (χ1n) is 9.20. The average molecular weight is 387 g/mol. The van der Waals surface area contributed by atoms with E-state index in [0.717, 1.165) is 0 Å². The molecule has 9 heteroatoms. The molecule has 2 aromatic rings. The quantitative estimate of drug-likeness (QED) is 0.635. The van der Waals surface area contributed by atoms with Gasteiger partial charge >= 0.3 is 0 Å². The van der Waals surface area contributed by atoms with Gasteiger partial charge in [-0.25, -0.2) is 9.97 Å². The lowest BCUT2D eigenvalue weighted by Gasteiger charge is -2.30. The molecule has 0 aromatic carbocycles. The smallest absolute Gasteiger partial charge is 0.185 e. The third kappa shape index (κ3) is 4.59. The van der Waals surface area contributed by atoms with Crippen LogP contribution in [0.3, 0.4) is 0 Å². The van der Waals surface area contributed by atoms with Crippen molar-refractivity contribution in [3.8, 4) is 17.5 Å². The first-order chi connectivity index (χ1) is 13.8. The van der Waals surface area contributed by atoms with Crippen LogP contribution in [0.15, 0.2) is 22.8 Å². The van der Waals surface area contributed by atoms with Gasteiger partial charge in [-0.1, -0.05) is 0 Å². The van der Waals surface area contributed by atoms with Crippen LogP contribution >= 0.6 is 0 Å². The molecule has 0 N–H and O–H groups in total. The number of hydrogen-bond donors (Lipinski definition) is 0. The van der Waals surface area contributed by atoms with E-state index in [1.54, 1.807) is 20.5 Å². The molecule has 0 radical (unpaired) electrons. The molecule has 2 aromatic heterocycles. The minimum absolute atomic E-state index is 0.268. The van der Waals surface area contributed by atoms with Gasteiger partial charge in [0.1, 0.15) is 6.07 Å². The van der Waals surface area contributed by atoms with Gasteiger partial charge in [0.05, 0.1) is 32.7 Å². The molecule has 0 atom stereocenters. The van der Waals surface area contributed by atoms with Crippen molar-refractivity contribution < 1.29 is 18.6 Å². The molecule has 3 rings (SSSR count). The predicted octanol–water partition coefficient (Wildman–Crippen LogP) is 1.54. The minimum Gasteiger partial charge on any atom is -0.463 e. The van der Waals surface area contributed by atoms with Gasteiger partial charge in [-0.3, -0.25) is 0 Å². The van der Waals surface area contributed by atoms with Gasteiger partial charge in [0, 0.05) is 40.4 Å². The van der Waals surface area contributed by atoms with E-state index < -0.39 is 0 Å². The van der Waals surface area contributed by atoms with Crippen LogP contribution in [0.1, 0.15) is 5.69 Å².